The summed E-state index contributed by atoms with van der Waals surface area (Å²) in [7, 11) is 1.52. The number of aliphatic hydroxyl groups is 1. The molecule has 12 heteroatoms. The van der Waals surface area contributed by atoms with Crippen LogP contribution in [-0.2, 0) is 9.59 Å². The lowest BCUT2D eigenvalue weighted by Gasteiger charge is -2.41. The van der Waals surface area contributed by atoms with E-state index in [-0.39, 0.29) is 29.2 Å². The van der Waals surface area contributed by atoms with Gasteiger partial charge in [0, 0.05) is 50.9 Å². The van der Waals surface area contributed by atoms with Gasteiger partial charge in [-0.2, -0.15) is 0 Å². The number of anilines is 2. The molecular weight excluding hydrogens is 561 g/mol. The Balaban J connectivity index is 1.96. The highest BCUT2D eigenvalue weighted by Crippen LogP contribution is 2.39. The third kappa shape index (κ3) is 6.04. The summed E-state index contributed by atoms with van der Waals surface area (Å²) in [4.78, 5) is 43.3. The molecule has 0 aromatic carbocycles. The van der Waals surface area contributed by atoms with Crippen molar-refractivity contribution in [1.29, 1.82) is 0 Å². The lowest BCUT2D eigenvalue weighted by molar-refractivity contribution is -0.128. The molecule has 3 heterocycles. The maximum atomic E-state index is 15.9. The summed E-state index contributed by atoms with van der Waals surface area (Å²) in [5.74, 6) is -2.79. The van der Waals surface area contributed by atoms with Crippen LogP contribution in [0.15, 0.2) is 53.6 Å². The summed E-state index contributed by atoms with van der Waals surface area (Å²) in [5.41, 5.74) is 0.895. The van der Waals surface area contributed by atoms with Gasteiger partial charge in [0.05, 0.1) is 16.9 Å². The first kappa shape index (κ1) is 31.5. The van der Waals surface area contributed by atoms with E-state index < -0.39 is 41.3 Å². The quantitative estimate of drug-likeness (QED) is 0.201. The average molecular weight is 597 g/mol. The van der Waals surface area contributed by atoms with Crippen molar-refractivity contribution in [3.63, 3.8) is 0 Å². The second-order valence-corrected chi connectivity index (χ2v) is 10.8. The predicted molar refractivity (Wildman–Crippen MR) is 159 cm³/mol. The Morgan fingerprint density at radius 2 is 2.02 bits per heavy atom. The van der Waals surface area contributed by atoms with Gasteiger partial charge < -0.3 is 14.9 Å². The number of halogens is 3. The summed E-state index contributed by atoms with van der Waals surface area (Å²) < 4.78 is 44.9. The first-order valence-electron chi connectivity index (χ1n) is 13.9. The van der Waals surface area contributed by atoms with E-state index in [0.29, 0.717) is 48.8 Å². The highest BCUT2D eigenvalue weighted by molar-refractivity contribution is 6.06. The zero-order chi connectivity index (χ0) is 31.6. The zero-order valence-electron chi connectivity index (χ0n) is 24.8. The van der Waals surface area contributed by atoms with Gasteiger partial charge in [-0.05, 0) is 49.6 Å². The van der Waals surface area contributed by atoms with Gasteiger partial charge in [-0.15, -0.1) is 0 Å². The molecule has 0 spiro atoms. The second kappa shape index (κ2) is 12.8. The molecule has 1 saturated heterocycles. The van der Waals surface area contributed by atoms with Crippen LogP contribution in [0, 0.1) is 12.7 Å². The number of amides is 2. The fraction of sp³-hybridized carbons (Fsp3) is 0.387. The largest absolute Gasteiger partial charge is 0.509 e. The standard InChI is InChI=1S/C31H35F3N6O3/c1-7-26(43)38-10-11-39(19(5)15-38)30(35-6)21-12-24(34)28(20-13-25(42)23(33)14-22(20)32)37-31(21)40(16-41)29-18(4)8-9-36-27(29)17(2)3/h7-9,12-13,16-17,19,23,42H,1,10-11,14-15H2,2-6H3. The van der Waals surface area contributed by atoms with Gasteiger partial charge in [-0.25, -0.2) is 18.2 Å². The number of hydrogen-bond acceptors (Lipinski definition) is 6. The number of aliphatic imine (C=N–C) groups is 1. The fourth-order valence-electron chi connectivity index (χ4n) is 5.42. The van der Waals surface area contributed by atoms with Crippen LogP contribution in [0.3, 0.4) is 0 Å². The minimum atomic E-state index is -1.96. The summed E-state index contributed by atoms with van der Waals surface area (Å²) in [6.07, 6.45) is 1.46. The monoisotopic (exact) mass is 596 g/mol. The molecule has 2 aliphatic rings. The Bertz CT molecular complexity index is 1540. The van der Waals surface area contributed by atoms with Crippen molar-refractivity contribution in [2.24, 2.45) is 4.99 Å². The van der Waals surface area contributed by atoms with Gasteiger partial charge >= 0.3 is 0 Å². The van der Waals surface area contributed by atoms with E-state index in [1.807, 2.05) is 25.7 Å². The Morgan fingerprint density at radius 3 is 2.63 bits per heavy atom. The molecule has 2 atom stereocenters. The van der Waals surface area contributed by atoms with E-state index in [2.05, 4.69) is 21.5 Å². The molecule has 2 aromatic heterocycles. The predicted octanol–water partition coefficient (Wildman–Crippen LogP) is 5.30. The maximum Gasteiger partial charge on any atom is 0.246 e. The highest BCUT2D eigenvalue weighted by Gasteiger charge is 2.34. The number of aryl methyl sites for hydroxylation is 1. The molecule has 2 unspecified atom stereocenters. The lowest BCUT2D eigenvalue weighted by Crippen LogP contribution is -2.55. The molecule has 4 rings (SSSR count). The van der Waals surface area contributed by atoms with Gasteiger partial charge in [0.1, 0.15) is 28.9 Å². The zero-order valence-corrected chi connectivity index (χ0v) is 24.8. The summed E-state index contributed by atoms with van der Waals surface area (Å²) in [6.45, 7) is 12.1. The molecule has 0 radical (unpaired) electrons. The molecule has 1 aliphatic heterocycles. The van der Waals surface area contributed by atoms with Gasteiger partial charge in [0.25, 0.3) is 0 Å². The van der Waals surface area contributed by atoms with Crippen LogP contribution in [0.4, 0.5) is 24.7 Å². The molecule has 1 N–H and O–H groups in total. The topological polar surface area (TPSA) is 102 Å². The summed E-state index contributed by atoms with van der Waals surface area (Å²) in [5, 5.41) is 10.0. The average Bonchev–Trinajstić information content (AvgIpc) is 2.97. The third-order valence-electron chi connectivity index (χ3n) is 7.59. The lowest BCUT2D eigenvalue weighted by atomic mass is 9.98. The number of alkyl halides is 1. The van der Waals surface area contributed by atoms with Gasteiger partial charge in [0.2, 0.25) is 12.3 Å². The molecule has 0 saturated carbocycles. The SMILES string of the molecule is C=CC(=O)N1CCN(C(=NC)c2cc(F)c(C3=C(F)CC(F)C(O)=C3)nc2N(C=O)c2c(C)ccnc2C(C)C)C(C)C1. The summed E-state index contributed by atoms with van der Waals surface area (Å²) >= 11 is 0. The van der Waals surface area contributed by atoms with E-state index in [4.69, 9.17) is 0 Å². The van der Waals surface area contributed by atoms with Crippen molar-refractivity contribution in [3.8, 4) is 0 Å². The number of nitrogens with zero attached hydrogens (tertiary/aromatic N) is 6. The molecule has 2 amide bonds. The Hall–Kier alpha value is -4.48. The van der Waals surface area contributed by atoms with Crippen molar-refractivity contribution in [2.45, 2.75) is 52.2 Å². The molecule has 9 nitrogen and oxygen atoms in total. The normalized spacial score (nSPS) is 19.5. The molecule has 1 aliphatic carbocycles. The number of amidine groups is 1. The first-order chi connectivity index (χ1) is 20.4. The number of aliphatic hydroxyl groups excluding tert-OH is 1. The van der Waals surface area contributed by atoms with Crippen LogP contribution in [-0.4, -0.2) is 81.9 Å². The minimum Gasteiger partial charge on any atom is -0.509 e. The first-order valence-corrected chi connectivity index (χ1v) is 13.9. The third-order valence-corrected chi connectivity index (χ3v) is 7.59. The van der Waals surface area contributed by atoms with Crippen LogP contribution >= 0.6 is 0 Å². The molecule has 1 fully saturated rings. The Kier molecular flexibility index (Phi) is 9.37. The second-order valence-electron chi connectivity index (χ2n) is 10.8. The van der Waals surface area contributed by atoms with Crippen molar-refractivity contribution in [3.05, 3.63) is 77.0 Å². The Labute approximate surface area is 248 Å². The molecular formula is C31H35F3N6O3. The molecule has 43 heavy (non-hydrogen) atoms. The number of carbonyl (C=O) groups excluding carboxylic acids is 2. The van der Waals surface area contributed by atoms with Crippen LogP contribution < -0.4 is 4.90 Å². The van der Waals surface area contributed by atoms with Crippen LogP contribution in [0.25, 0.3) is 5.57 Å². The molecule has 228 valence electrons. The number of piperazine rings is 1. The van der Waals surface area contributed by atoms with Gasteiger partial charge in [-0.1, -0.05) is 20.4 Å². The molecule has 0 bridgehead atoms. The van der Waals surface area contributed by atoms with Crippen molar-refractivity contribution in [2.75, 3.05) is 31.6 Å². The smallest absolute Gasteiger partial charge is 0.246 e. The van der Waals surface area contributed by atoms with E-state index in [1.165, 1.54) is 18.0 Å². The van der Waals surface area contributed by atoms with Crippen molar-refractivity contribution < 1.29 is 27.9 Å². The highest BCUT2D eigenvalue weighted by atomic mass is 19.1. The molecule has 2 aromatic rings. The van der Waals surface area contributed by atoms with Crippen LogP contribution in [0.2, 0.25) is 0 Å². The van der Waals surface area contributed by atoms with Crippen molar-refractivity contribution in [1.82, 2.24) is 19.8 Å². The van der Waals surface area contributed by atoms with E-state index in [9.17, 15) is 19.1 Å². The van der Waals surface area contributed by atoms with Gasteiger partial charge in [-0.3, -0.25) is 24.5 Å². The maximum absolute atomic E-state index is 15.9. The number of hydrogen-bond donors (Lipinski definition) is 1. The number of allylic oxidation sites excluding steroid dienone is 4. The number of rotatable bonds is 7. The van der Waals surface area contributed by atoms with E-state index in [1.54, 1.807) is 24.1 Å². The summed E-state index contributed by atoms with van der Waals surface area (Å²) in [6, 6.07) is 2.57. The fourth-order valence-corrected chi connectivity index (χ4v) is 5.42. The Morgan fingerprint density at radius 1 is 1.30 bits per heavy atom. The van der Waals surface area contributed by atoms with Crippen LogP contribution in [0.1, 0.15) is 55.6 Å². The van der Waals surface area contributed by atoms with E-state index >= 15 is 8.78 Å². The van der Waals surface area contributed by atoms with Crippen LogP contribution in [0.5, 0.6) is 0 Å². The van der Waals surface area contributed by atoms with E-state index in [0.717, 1.165) is 12.1 Å². The number of pyridine rings is 2. The number of carbonyl (C=O) groups is 2. The number of aromatic nitrogens is 2. The van der Waals surface area contributed by atoms with Crippen molar-refractivity contribution >= 4 is 35.2 Å². The van der Waals surface area contributed by atoms with Gasteiger partial charge in [0.15, 0.2) is 12.0 Å². The minimum absolute atomic E-state index is 0.0580.